The van der Waals surface area contributed by atoms with E-state index in [0.717, 1.165) is 24.1 Å². The number of aryl methyl sites for hydroxylation is 2. The highest BCUT2D eigenvalue weighted by atomic mass is 32.1. The van der Waals surface area contributed by atoms with Crippen LogP contribution in [0, 0.1) is 0 Å². The number of nitrogens with one attached hydrogen (secondary N) is 2. The van der Waals surface area contributed by atoms with Crippen molar-refractivity contribution in [3.8, 4) is 0 Å². The Hall–Kier alpha value is -2.41. The summed E-state index contributed by atoms with van der Waals surface area (Å²) in [7, 11) is 1.74. The molecule has 7 heteroatoms. The van der Waals surface area contributed by atoms with Crippen LogP contribution in [0.5, 0.6) is 0 Å². The normalized spacial score (nSPS) is 13.8. The molecule has 2 aromatic rings. The molecular formula is C21H28N4O2S. The molecule has 0 saturated heterocycles. The molecule has 0 unspecified atom stereocenters. The Labute approximate surface area is 170 Å². The van der Waals surface area contributed by atoms with Gasteiger partial charge in [0, 0.05) is 31.4 Å². The van der Waals surface area contributed by atoms with Crippen LogP contribution in [-0.2, 0) is 24.2 Å². The predicted molar refractivity (Wildman–Crippen MR) is 113 cm³/mol. The Morgan fingerprint density at radius 2 is 1.86 bits per heavy atom. The Morgan fingerprint density at radius 1 is 1.11 bits per heavy atom. The fraction of sp³-hybridized carbons (Fsp3) is 0.476. The molecule has 0 spiro atoms. The summed E-state index contributed by atoms with van der Waals surface area (Å²) in [6.07, 6.45) is 7.21. The van der Waals surface area contributed by atoms with Gasteiger partial charge in [-0.2, -0.15) is 0 Å². The number of fused-ring (bicyclic) bond motifs is 1. The number of urea groups is 1. The number of hydrogen-bond donors (Lipinski definition) is 2. The first-order valence-electron chi connectivity index (χ1n) is 9.93. The Bertz CT molecular complexity index is 765. The number of rotatable bonds is 6. The molecule has 1 aliphatic carbocycles. The van der Waals surface area contributed by atoms with E-state index in [1.54, 1.807) is 23.3 Å². The monoisotopic (exact) mass is 400 g/mol. The SMILES string of the molecule is CN(Cc1ccccc1)C(=O)NCCC(=O)Nc1nc2c(s1)CCCCCC2. The molecule has 6 nitrogen and oxygen atoms in total. The molecule has 1 aliphatic rings. The second-order valence-corrected chi connectivity index (χ2v) is 8.26. The quantitative estimate of drug-likeness (QED) is 0.770. The van der Waals surface area contributed by atoms with Crippen molar-refractivity contribution >= 4 is 28.4 Å². The summed E-state index contributed by atoms with van der Waals surface area (Å²) in [5, 5.41) is 6.36. The van der Waals surface area contributed by atoms with Gasteiger partial charge in [-0.1, -0.05) is 43.2 Å². The maximum atomic E-state index is 12.2. The number of aromatic nitrogens is 1. The van der Waals surface area contributed by atoms with Gasteiger partial charge >= 0.3 is 6.03 Å². The topological polar surface area (TPSA) is 74.3 Å². The first kappa shape index (κ1) is 20.3. The average molecular weight is 401 g/mol. The minimum Gasteiger partial charge on any atom is -0.337 e. The third-order valence-corrected chi connectivity index (χ3v) is 5.90. The number of amides is 3. The number of hydrogen-bond acceptors (Lipinski definition) is 4. The van der Waals surface area contributed by atoms with Crippen LogP contribution >= 0.6 is 11.3 Å². The molecule has 0 radical (unpaired) electrons. The first-order valence-corrected chi connectivity index (χ1v) is 10.7. The predicted octanol–water partition coefficient (Wildman–Crippen LogP) is 3.97. The van der Waals surface area contributed by atoms with Gasteiger partial charge in [-0.3, -0.25) is 4.79 Å². The third kappa shape index (κ3) is 6.05. The molecule has 0 fully saturated rings. The van der Waals surface area contributed by atoms with Crippen LogP contribution < -0.4 is 10.6 Å². The summed E-state index contributed by atoms with van der Waals surface area (Å²) >= 11 is 1.59. The molecule has 0 aliphatic heterocycles. The van der Waals surface area contributed by atoms with E-state index in [-0.39, 0.29) is 18.4 Å². The summed E-state index contributed by atoms with van der Waals surface area (Å²) in [6, 6.07) is 9.62. The second-order valence-electron chi connectivity index (χ2n) is 7.17. The van der Waals surface area contributed by atoms with Crippen molar-refractivity contribution in [1.82, 2.24) is 15.2 Å². The van der Waals surface area contributed by atoms with Crippen molar-refractivity contribution < 1.29 is 9.59 Å². The maximum Gasteiger partial charge on any atom is 0.317 e. The van der Waals surface area contributed by atoms with Crippen LogP contribution in [0.4, 0.5) is 9.93 Å². The van der Waals surface area contributed by atoms with Crippen LogP contribution in [-0.4, -0.2) is 35.4 Å². The summed E-state index contributed by atoms with van der Waals surface area (Å²) in [4.78, 5) is 31.9. The van der Waals surface area contributed by atoms with E-state index in [1.807, 2.05) is 30.3 Å². The van der Waals surface area contributed by atoms with Crippen LogP contribution in [0.1, 0.15) is 48.2 Å². The van der Waals surface area contributed by atoms with E-state index in [1.165, 1.54) is 30.6 Å². The molecular weight excluding hydrogens is 372 g/mol. The van der Waals surface area contributed by atoms with E-state index in [9.17, 15) is 9.59 Å². The van der Waals surface area contributed by atoms with Gasteiger partial charge < -0.3 is 15.5 Å². The van der Waals surface area contributed by atoms with Crippen molar-refractivity contribution in [3.05, 3.63) is 46.5 Å². The van der Waals surface area contributed by atoms with Crippen molar-refractivity contribution in [2.75, 3.05) is 18.9 Å². The van der Waals surface area contributed by atoms with Gasteiger partial charge in [0.15, 0.2) is 5.13 Å². The highest BCUT2D eigenvalue weighted by Gasteiger charge is 2.15. The van der Waals surface area contributed by atoms with E-state index < -0.39 is 0 Å². The average Bonchev–Trinajstić information content (AvgIpc) is 3.02. The fourth-order valence-corrected chi connectivity index (χ4v) is 4.35. The number of benzene rings is 1. The Morgan fingerprint density at radius 3 is 2.64 bits per heavy atom. The Balaban J connectivity index is 1.40. The van der Waals surface area contributed by atoms with Gasteiger partial charge in [0.1, 0.15) is 0 Å². The number of thiazole rings is 1. The van der Waals surface area contributed by atoms with Crippen LogP contribution in [0.15, 0.2) is 30.3 Å². The minimum atomic E-state index is -0.186. The van der Waals surface area contributed by atoms with Crippen molar-refractivity contribution in [2.45, 2.75) is 51.5 Å². The van der Waals surface area contributed by atoms with Gasteiger partial charge in [0.2, 0.25) is 5.91 Å². The van der Waals surface area contributed by atoms with Crippen molar-refractivity contribution in [1.29, 1.82) is 0 Å². The standard InChI is InChI=1S/C21H28N4O2S/c1-25(15-16-9-5-4-6-10-16)21(27)22-14-13-19(26)24-20-23-17-11-7-2-3-8-12-18(17)28-20/h4-6,9-10H,2-3,7-8,11-15H2,1H3,(H,22,27)(H,23,24,26). The van der Waals surface area contributed by atoms with Crippen LogP contribution in [0.25, 0.3) is 0 Å². The zero-order valence-electron chi connectivity index (χ0n) is 16.4. The molecule has 3 rings (SSSR count). The molecule has 1 aromatic carbocycles. The molecule has 150 valence electrons. The van der Waals surface area contributed by atoms with Crippen LogP contribution in [0.3, 0.4) is 0 Å². The first-order chi connectivity index (χ1) is 13.6. The summed E-state index contributed by atoms with van der Waals surface area (Å²) in [5.41, 5.74) is 2.22. The van der Waals surface area contributed by atoms with Gasteiger partial charge in [-0.25, -0.2) is 9.78 Å². The lowest BCUT2D eigenvalue weighted by atomic mass is 10.0. The largest absolute Gasteiger partial charge is 0.337 e. The zero-order valence-corrected chi connectivity index (χ0v) is 17.2. The lowest BCUT2D eigenvalue weighted by Gasteiger charge is -2.17. The lowest BCUT2D eigenvalue weighted by Crippen LogP contribution is -2.38. The highest BCUT2D eigenvalue weighted by Crippen LogP contribution is 2.28. The van der Waals surface area contributed by atoms with Crippen LogP contribution in [0.2, 0.25) is 0 Å². The minimum absolute atomic E-state index is 0.118. The number of carbonyl (C=O) groups is 2. The fourth-order valence-electron chi connectivity index (χ4n) is 3.29. The molecule has 0 saturated carbocycles. The molecule has 2 N–H and O–H groups in total. The van der Waals surface area contributed by atoms with E-state index in [4.69, 9.17) is 0 Å². The number of nitrogens with zero attached hydrogens (tertiary/aromatic N) is 2. The van der Waals surface area contributed by atoms with E-state index in [0.29, 0.717) is 18.2 Å². The van der Waals surface area contributed by atoms with Gasteiger partial charge in [0.05, 0.1) is 5.69 Å². The Kier molecular flexibility index (Phi) is 7.42. The van der Waals surface area contributed by atoms with Crippen molar-refractivity contribution in [3.63, 3.8) is 0 Å². The third-order valence-electron chi connectivity index (χ3n) is 4.83. The van der Waals surface area contributed by atoms with Gasteiger partial charge in [0.25, 0.3) is 0 Å². The summed E-state index contributed by atoms with van der Waals surface area (Å²) < 4.78 is 0. The van der Waals surface area contributed by atoms with E-state index >= 15 is 0 Å². The highest BCUT2D eigenvalue weighted by molar-refractivity contribution is 7.15. The number of anilines is 1. The summed E-state index contributed by atoms with van der Waals surface area (Å²) in [5.74, 6) is -0.118. The van der Waals surface area contributed by atoms with Gasteiger partial charge in [-0.05, 0) is 31.2 Å². The van der Waals surface area contributed by atoms with E-state index in [2.05, 4.69) is 15.6 Å². The second kappa shape index (κ2) is 10.2. The smallest absolute Gasteiger partial charge is 0.317 e. The maximum absolute atomic E-state index is 12.2. The molecule has 1 heterocycles. The zero-order chi connectivity index (χ0) is 19.8. The molecule has 28 heavy (non-hydrogen) atoms. The van der Waals surface area contributed by atoms with Crippen molar-refractivity contribution in [2.24, 2.45) is 0 Å². The number of carbonyl (C=O) groups excluding carboxylic acids is 2. The molecule has 1 aromatic heterocycles. The summed E-state index contributed by atoms with van der Waals surface area (Å²) in [6.45, 7) is 0.832. The molecule has 0 bridgehead atoms. The lowest BCUT2D eigenvalue weighted by molar-refractivity contribution is -0.116. The molecule has 0 atom stereocenters. The van der Waals surface area contributed by atoms with Gasteiger partial charge in [-0.15, -0.1) is 11.3 Å². The molecule has 3 amide bonds.